The molecule has 8 heteroatoms. The third kappa shape index (κ3) is 4.43. The predicted octanol–water partition coefficient (Wildman–Crippen LogP) is 1.81. The van der Waals surface area contributed by atoms with Crippen molar-refractivity contribution in [3.05, 3.63) is 24.5 Å². The van der Waals surface area contributed by atoms with Gasteiger partial charge in [0, 0.05) is 37.7 Å². The minimum atomic E-state index is 0.0129. The first-order chi connectivity index (χ1) is 11.9. The Labute approximate surface area is 148 Å². The van der Waals surface area contributed by atoms with Gasteiger partial charge in [-0.2, -0.15) is 5.10 Å². The molecule has 0 bridgehead atoms. The van der Waals surface area contributed by atoms with Crippen LogP contribution in [-0.4, -0.2) is 53.7 Å². The molecule has 2 aromatic rings. The highest BCUT2D eigenvalue weighted by atomic mass is 16.2. The zero-order valence-electron chi connectivity index (χ0n) is 15.3. The number of aromatic nitrogens is 6. The lowest BCUT2D eigenvalue weighted by Crippen LogP contribution is -2.39. The molecule has 136 valence electrons. The van der Waals surface area contributed by atoms with E-state index < -0.39 is 0 Å². The molecule has 0 radical (unpaired) electrons. The van der Waals surface area contributed by atoms with Gasteiger partial charge >= 0.3 is 0 Å². The number of likely N-dealkylation sites (tertiary alicyclic amines) is 1. The maximum Gasteiger partial charge on any atom is 0.222 e. The zero-order chi connectivity index (χ0) is 17.9. The van der Waals surface area contributed by atoms with Crippen molar-refractivity contribution in [2.45, 2.75) is 64.5 Å². The maximum atomic E-state index is 12.4. The van der Waals surface area contributed by atoms with Crippen LogP contribution in [0, 0.1) is 0 Å². The Morgan fingerprint density at radius 1 is 1.28 bits per heavy atom. The first-order valence-corrected chi connectivity index (χ1v) is 8.96. The molecule has 0 saturated carbocycles. The summed E-state index contributed by atoms with van der Waals surface area (Å²) in [6.07, 6.45) is 8.47. The van der Waals surface area contributed by atoms with Gasteiger partial charge in [-0.05, 0) is 19.3 Å². The van der Waals surface area contributed by atoms with E-state index in [4.69, 9.17) is 0 Å². The van der Waals surface area contributed by atoms with Crippen LogP contribution in [0.2, 0.25) is 0 Å². The normalized spacial score (nSPS) is 16.4. The molecule has 1 fully saturated rings. The van der Waals surface area contributed by atoms with Gasteiger partial charge in [0.1, 0.15) is 12.7 Å². The molecule has 0 spiro atoms. The SMILES string of the molecule is CC(C)(C)c1cn(C2CCN(C(=O)CCCn3cncn3)CC2)nn1. The number of rotatable bonds is 5. The van der Waals surface area contributed by atoms with Crippen molar-refractivity contribution in [3.63, 3.8) is 0 Å². The van der Waals surface area contributed by atoms with Gasteiger partial charge in [-0.25, -0.2) is 9.67 Å². The first-order valence-electron chi connectivity index (χ1n) is 8.96. The maximum absolute atomic E-state index is 12.4. The van der Waals surface area contributed by atoms with Gasteiger partial charge in [-0.3, -0.25) is 9.48 Å². The molecule has 2 aromatic heterocycles. The van der Waals surface area contributed by atoms with Crippen LogP contribution in [0.3, 0.4) is 0 Å². The Morgan fingerprint density at radius 3 is 2.64 bits per heavy atom. The summed E-state index contributed by atoms with van der Waals surface area (Å²) in [5, 5.41) is 12.7. The zero-order valence-corrected chi connectivity index (χ0v) is 15.3. The van der Waals surface area contributed by atoms with Gasteiger partial charge in [0.25, 0.3) is 0 Å². The minimum Gasteiger partial charge on any atom is -0.343 e. The first kappa shape index (κ1) is 17.6. The molecule has 25 heavy (non-hydrogen) atoms. The number of piperidine rings is 1. The van der Waals surface area contributed by atoms with Crippen molar-refractivity contribution in [3.8, 4) is 0 Å². The van der Waals surface area contributed by atoms with E-state index in [1.807, 2.05) is 9.58 Å². The van der Waals surface area contributed by atoms with Crippen LogP contribution < -0.4 is 0 Å². The van der Waals surface area contributed by atoms with E-state index in [9.17, 15) is 4.79 Å². The lowest BCUT2D eigenvalue weighted by atomic mass is 9.93. The monoisotopic (exact) mass is 345 g/mol. The fourth-order valence-electron chi connectivity index (χ4n) is 3.08. The molecule has 3 rings (SSSR count). The van der Waals surface area contributed by atoms with Crippen LogP contribution in [0.4, 0.5) is 0 Å². The summed E-state index contributed by atoms with van der Waals surface area (Å²) in [5.74, 6) is 0.229. The van der Waals surface area contributed by atoms with Gasteiger partial charge in [-0.15, -0.1) is 5.10 Å². The molecule has 0 aromatic carbocycles. The largest absolute Gasteiger partial charge is 0.343 e. The molecule has 3 heterocycles. The average Bonchev–Trinajstić information content (AvgIpc) is 3.26. The average molecular weight is 345 g/mol. The Kier molecular flexibility index (Phi) is 5.15. The summed E-state index contributed by atoms with van der Waals surface area (Å²) in [4.78, 5) is 18.2. The van der Waals surface area contributed by atoms with Gasteiger partial charge in [0.2, 0.25) is 5.91 Å². The fraction of sp³-hybridized carbons (Fsp3) is 0.706. The number of hydrogen-bond acceptors (Lipinski definition) is 5. The summed E-state index contributed by atoms with van der Waals surface area (Å²) in [6.45, 7) is 8.73. The van der Waals surface area contributed by atoms with E-state index in [-0.39, 0.29) is 11.3 Å². The van der Waals surface area contributed by atoms with E-state index in [1.54, 1.807) is 11.0 Å². The predicted molar refractivity (Wildman–Crippen MR) is 92.8 cm³/mol. The van der Waals surface area contributed by atoms with Crippen molar-refractivity contribution in [1.29, 1.82) is 0 Å². The summed E-state index contributed by atoms with van der Waals surface area (Å²) in [7, 11) is 0. The minimum absolute atomic E-state index is 0.0129. The van der Waals surface area contributed by atoms with Gasteiger partial charge in [0.15, 0.2) is 0 Å². The van der Waals surface area contributed by atoms with Crippen molar-refractivity contribution >= 4 is 5.91 Å². The van der Waals surface area contributed by atoms with E-state index in [2.05, 4.69) is 47.4 Å². The smallest absolute Gasteiger partial charge is 0.222 e. The molecule has 1 saturated heterocycles. The molecular formula is C17H27N7O. The Hall–Kier alpha value is -2.25. The number of nitrogens with zero attached hydrogens (tertiary/aromatic N) is 7. The highest BCUT2D eigenvalue weighted by Crippen LogP contribution is 2.25. The summed E-state index contributed by atoms with van der Waals surface area (Å²) in [6, 6.07) is 0.336. The Balaban J connectivity index is 1.45. The van der Waals surface area contributed by atoms with E-state index in [0.29, 0.717) is 12.5 Å². The number of carbonyl (C=O) groups is 1. The molecule has 0 aliphatic carbocycles. The van der Waals surface area contributed by atoms with Crippen molar-refractivity contribution < 1.29 is 4.79 Å². The lowest BCUT2D eigenvalue weighted by Gasteiger charge is -2.32. The highest BCUT2D eigenvalue weighted by molar-refractivity contribution is 5.76. The molecule has 0 unspecified atom stereocenters. The molecular weight excluding hydrogens is 318 g/mol. The lowest BCUT2D eigenvalue weighted by molar-refractivity contribution is -0.132. The van der Waals surface area contributed by atoms with Crippen LogP contribution in [-0.2, 0) is 16.8 Å². The van der Waals surface area contributed by atoms with Crippen molar-refractivity contribution in [2.75, 3.05) is 13.1 Å². The summed E-state index contributed by atoms with van der Waals surface area (Å²) < 4.78 is 3.74. The van der Waals surface area contributed by atoms with E-state index in [1.165, 1.54) is 6.33 Å². The number of aryl methyl sites for hydroxylation is 1. The number of amides is 1. The highest BCUT2D eigenvalue weighted by Gasteiger charge is 2.26. The fourth-order valence-corrected chi connectivity index (χ4v) is 3.08. The molecule has 1 aliphatic heterocycles. The van der Waals surface area contributed by atoms with E-state index >= 15 is 0 Å². The van der Waals surface area contributed by atoms with Gasteiger partial charge in [-0.1, -0.05) is 26.0 Å². The molecule has 0 atom stereocenters. The number of hydrogen-bond donors (Lipinski definition) is 0. The molecule has 1 aliphatic rings. The van der Waals surface area contributed by atoms with Gasteiger partial charge < -0.3 is 4.90 Å². The van der Waals surface area contributed by atoms with Crippen LogP contribution >= 0.6 is 0 Å². The molecule has 1 amide bonds. The number of carbonyl (C=O) groups excluding carboxylic acids is 1. The molecule has 0 N–H and O–H groups in total. The Morgan fingerprint density at radius 2 is 2.04 bits per heavy atom. The van der Waals surface area contributed by atoms with Crippen LogP contribution in [0.5, 0.6) is 0 Å². The second kappa shape index (κ2) is 7.33. The standard InChI is InChI=1S/C17H27N7O/c1-17(2,3)15-11-24(21-20-15)14-6-9-22(10-7-14)16(25)5-4-8-23-13-18-12-19-23/h11-14H,4-10H2,1-3H3. The quantitative estimate of drug-likeness (QED) is 0.825. The van der Waals surface area contributed by atoms with Gasteiger partial charge in [0.05, 0.1) is 11.7 Å². The van der Waals surface area contributed by atoms with Crippen LogP contribution in [0.1, 0.15) is 58.2 Å². The van der Waals surface area contributed by atoms with Crippen molar-refractivity contribution in [2.24, 2.45) is 0 Å². The Bertz CT molecular complexity index is 678. The van der Waals surface area contributed by atoms with Crippen LogP contribution in [0.25, 0.3) is 0 Å². The molecule has 8 nitrogen and oxygen atoms in total. The summed E-state index contributed by atoms with van der Waals surface area (Å²) in [5.41, 5.74) is 1.03. The second-order valence-electron chi connectivity index (χ2n) is 7.71. The van der Waals surface area contributed by atoms with Crippen molar-refractivity contribution in [1.82, 2.24) is 34.7 Å². The third-order valence-electron chi connectivity index (χ3n) is 4.71. The van der Waals surface area contributed by atoms with E-state index in [0.717, 1.165) is 44.6 Å². The van der Waals surface area contributed by atoms with Crippen LogP contribution in [0.15, 0.2) is 18.9 Å². The topological polar surface area (TPSA) is 81.7 Å². The summed E-state index contributed by atoms with van der Waals surface area (Å²) >= 11 is 0. The third-order valence-corrected chi connectivity index (χ3v) is 4.71. The second-order valence-corrected chi connectivity index (χ2v) is 7.71.